The number of nitriles is 1. The van der Waals surface area contributed by atoms with E-state index in [0.29, 0.717) is 23.5 Å². The second kappa shape index (κ2) is 14.8. The number of hydrogen-bond donors (Lipinski definition) is 0. The van der Waals surface area contributed by atoms with Crippen molar-refractivity contribution in [2.75, 3.05) is 0 Å². The highest BCUT2D eigenvalue weighted by Gasteiger charge is 2.37. The van der Waals surface area contributed by atoms with Crippen molar-refractivity contribution in [1.82, 2.24) is 9.13 Å². The summed E-state index contributed by atoms with van der Waals surface area (Å²) in [7, 11) is 0. The molecule has 2 aromatic heterocycles. The number of rotatable bonds is 5. The van der Waals surface area contributed by atoms with E-state index in [1.807, 2.05) is 88.9 Å². The van der Waals surface area contributed by atoms with E-state index in [4.69, 9.17) is 0 Å². The highest BCUT2D eigenvalue weighted by Crippen LogP contribution is 2.45. The van der Waals surface area contributed by atoms with Crippen LogP contribution >= 0.6 is 0 Å². The summed E-state index contributed by atoms with van der Waals surface area (Å²) in [6.45, 7) is 8.23. The van der Waals surface area contributed by atoms with Crippen molar-refractivity contribution in [3.8, 4) is 50.8 Å². The molecule has 0 radical (unpaired) electrons. The second-order valence-corrected chi connectivity index (χ2v) is 16.6. The third-order valence-corrected chi connectivity index (χ3v) is 12.3. The molecule has 8 aromatic carbocycles. The number of hydrogen-bond acceptors (Lipinski definition) is 1. The molecule has 314 valence electrons. The Kier molecular flexibility index (Phi) is 9.35. The van der Waals surface area contributed by atoms with Gasteiger partial charge in [0.25, 0.3) is 0 Å². The maximum absolute atomic E-state index is 14.4. The first-order valence-electron chi connectivity index (χ1n) is 20.7. The van der Waals surface area contributed by atoms with Crippen molar-refractivity contribution in [3.05, 3.63) is 191 Å². The molecule has 10 rings (SSSR count). The van der Waals surface area contributed by atoms with Gasteiger partial charge in [0.1, 0.15) is 0 Å². The molecule has 64 heavy (non-hydrogen) atoms. The van der Waals surface area contributed by atoms with Gasteiger partial charge >= 0.3 is 12.4 Å². The number of para-hydroxylation sites is 2. The van der Waals surface area contributed by atoms with Crippen LogP contribution in [-0.4, -0.2) is 9.13 Å². The second-order valence-electron chi connectivity index (χ2n) is 16.6. The number of fused-ring (bicyclic) bond motifs is 6. The lowest BCUT2D eigenvalue weighted by Crippen LogP contribution is -2.11. The number of aromatic nitrogens is 2. The summed E-state index contributed by atoms with van der Waals surface area (Å²) >= 11 is 0. The van der Waals surface area contributed by atoms with Gasteiger partial charge in [-0.05, 0) is 133 Å². The number of aryl methyl sites for hydroxylation is 4. The predicted octanol–water partition coefficient (Wildman–Crippen LogP) is 16.0. The van der Waals surface area contributed by atoms with E-state index in [0.717, 1.165) is 88.1 Å². The molecule has 0 aliphatic carbocycles. The van der Waals surface area contributed by atoms with Crippen LogP contribution in [0.15, 0.2) is 152 Å². The third kappa shape index (κ3) is 6.69. The van der Waals surface area contributed by atoms with Crippen LogP contribution in [-0.2, 0) is 12.4 Å². The minimum atomic E-state index is -5.09. The molecule has 2 heterocycles. The molecule has 0 amide bonds. The van der Waals surface area contributed by atoms with Gasteiger partial charge in [0, 0.05) is 27.1 Å². The summed E-state index contributed by atoms with van der Waals surface area (Å²) in [5.41, 5.74) is 9.20. The van der Waals surface area contributed by atoms with Crippen molar-refractivity contribution < 1.29 is 26.3 Å². The van der Waals surface area contributed by atoms with Crippen molar-refractivity contribution in [1.29, 1.82) is 5.26 Å². The van der Waals surface area contributed by atoms with E-state index in [2.05, 4.69) is 75.4 Å². The summed E-state index contributed by atoms with van der Waals surface area (Å²) in [5, 5.41) is 14.5. The fourth-order valence-corrected chi connectivity index (χ4v) is 9.45. The molecule has 0 saturated heterocycles. The van der Waals surface area contributed by atoms with E-state index in [1.54, 1.807) is 12.1 Å². The maximum Gasteiger partial charge on any atom is 0.416 e. The molecule has 0 bridgehead atoms. The van der Waals surface area contributed by atoms with Gasteiger partial charge in [-0.3, -0.25) is 0 Å². The van der Waals surface area contributed by atoms with E-state index in [1.165, 1.54) is 0 Å². The molecule has 9 heteroatoms. The molecular weight excluding hydrogens is 817 g/mol. The summed E-state index contributed by atoms with van der Waals surface area (Å²) in [6, 6.07) is 47.4. The highest BCUT2D eigenvalue weighted by molar-refractivity contribution is 6.13. The van der Waals surface area contributed by atoms with Crippen LogP contribution < -0.4 is 0 Å². The van der Waals surface area contributed by atoms with Gasteiger partial charge in [-0.25, -0.2) is 0 Å². The lowest BCUT2D eigenvalue weighted by atomic mass is 9.94. The first-order valence-corrected chi connectivity index (χ1v) is 20.7. The normalized spacial score (nSPS) is 12.2. The Bertz CT molecular complexity index is 3560. The van der Waals surface area contributed by atoms with Crippen LogP contribution in [0, 0.1) is 39.0 Å². The first kappa shape index (κ1) is 40.5. The Morgan fingerprint density at radius 1 is 0.406 bits per heavy atom. The zero-order valence-corrected chi connectivity index (χ0v) is 35.0. The lowest BCUT2D eigenvalue weighted by Gasteiger charge is -2.20. The Morgan fingerprint density at radius 3 is 1.28 bits per heavy atom. The topological polar surface area (TPSA) is 33.6 Å². The predicted molar refractivity (Wildman–Crippen MR) is 245 cm³/mol. The monoisotopic (exact) mass is 853 g/mol. The van der Waals surface area contributed by atoms with Gasteiger partial charge in [0.05, 0.1) is 56.2 Å². The van der Waals surface area contributed by atoms with E-state index < -0.39 is 23.5 Å². The van der Waals surface area contributed by atoms with Gasteiger partial charge in [0.15, 0.2) is 0 Å². The molecule has 0 aliphatic heterocycles. The number of halogens is 6. The van der Waals surface area contributed by atoms with Gasteiger partial charge in [-0.1, -0.05) is 96.1 Å². The van der Waals surface area contributed by atoms with Crippen molar-refractivity contribution in [2.24, 2.45) is 0 Å². The molecule has 3 nitrogen and oxygen atoms in total. The largest absolute Gasteiger partial charge is 0.416 e. The Hall–Kier alpha value is -7.57. The number of nitrogens with zero attached hydrogens (tertiary/aromatic N) is 3. The molecule has 0 saturated carbocycles. The zero-order chi connectivity index (χ0) is 44.8. The Labute approximate surface area is 364 Å². The third-order valence-electron chi connectivity index (χ3n) is 12.3. The molecule has 0 N–H and O–H groups in total. The highest BCUT2D eigenvalue weighted by atomic mass is 19.4. The van der Waals surface area contributed by atoms with E-state index in [-0.39, 0.29) is 22.8 Å². The number of benzene rings is 8. The van der Waals surface area contributed by atoms with E-state index in [9.17, 15) is 31.6 Å². The average Bonchev–Trinajstić information content (AvgIpc) is 3.77. The van der Waals surface area contributed by atoms with Crippen LogP contribution in [0.5, 0.6) is 0 Å². The molecule has 0 aliphatic rings. The Balaban J connectivity index is 1.33. The standard InChI is InChI=1S/C55H37F6N3/c1-31-13-17-41(33(3)21-31)35-15-19-50-46(25-35)43-9-5-7-11-48(43)63(50)52-27-38(30-62)45(37-23-39(54(56,57)58)28-40(24-37)55(59,60)61)29-53(52)64-49-12-8-6-10-44(49)47-26-36(16-20-51(47)64)42-18-14-32(2)22-34(42)4/h5-29H,1-4H3. The fraction of sp³-hybridized carbons (Fsp3) is 0.109. The first-order chi connectivity index (χ1) is 30.6. The average molecular weight is 854 g/mol. The van der Waals surface area contributed by atoms with Crippen LogP contribution in [0.25, 0.3) is 88.4 Å². The summed E-state index contributed by atoms with van der Waals surface area (Å²) < 4.78 is 90.2. The van der Waals surface area contributed by atoms with Crippen LogP contribution in [0.3, 0.4) is 0 Å². The van der Waals surface area contributed by atoms with Crippen molar-refractivity contribution >= 4 is 43.6 Å². The van der Waals surface area contributed by atoms with Crippen molar-refractivity contribution in [3.63, 3.8) is 0 Å². The van der Waals surface area contributed by atoms with Crippen LogP contribution in [0.1, 0.15) is 38.9 Å². The van der Waals surface area contributed by atoms with E-state index >= 15 is 0 Å². The molecule has 0 unspecified atom stereocenters. The van der Waals surface area contributed by atoms with Gasteiger partial charge < -0.3 is 9.13 Å². The molecule has 0 fully saturated rings. The Morgan fingerprint density at radius 2 is 0.844 bits per heavy atom. The molecule has 0 spiro atoms. The van der Waals surface area contributed by atoms with Crippen molar-refractivity contribution in [2.45, 2.75) is 40.0 Å². The molecular formula is C55H37F6N3. The minimum absolute atomic E-state index is 0.0754. The van der Waals surface area contributed by atoms with Gasteiger partial charge in [0.2, 0.25) is 0 Å². The smallest absolute Gasteiger partial charge is 0.307 e. The van der Waals surface area contributed by atoms with Gasteiger partial charge in [-0.15, -0.1) is 0 Å². The van der Waals surface area contributed by atoms with Gasteiger partial charge in [-0.2, -0.15) is 31.6 Å². The van der Waals surface area contributed by atoms with Crippen LogP contribution in [0.2, 0.25) is 0 Å². The maximum atomic E-state index is 14.4. The SMILES string of the molecule is Cc1ccc(-c2ccc3c(c2)c2ccccc2n3-c2cc(C#N)c(-c3cc(C(F)(F)F)cc(C(F)(F)F)c3)cc2-n2c3ccccc3c3cc(-c4ccc(C)cc4C)ccc32)c(C)c1. The summed E-state index contributed by atoms with van der Waals surface area (Å²) in [6.07, 6.45) is -10.2. The zero-order valence-electron chi connectivity index (χ0n) is 35.0. The quantitative estimate of drug-likeness (QED) is 0.159. The summed E-state index contributed by atoms with van der Waals surface area (Å²) in [5.74, 6) is 0. The fourth-order valence-electron chi connectivity index (χ4n) is 9.45. The van der Waals surface area contributed by atoms with Crippen LogP contribution in [0.4, 0.5) is 26.3 Å². The summed E-state index contributed by atoms with van der Waals surface area (Å²) in [4.78, 5) is 0. The minimum Gasteiger partial charge on any atom is -0.307 e. The lowest BCUT2D eigenvalue weighted by molar-refractivity contribution is -0.143. The molecule has 0 atom stereocenters. The number of alkyl halides is 6. The molecule has 10 aromatic rings.